The van der Waals surface area contributed by atoms with E-state index in [9.17, 15) is 5.11 Å². The maximum atomic E-state index is 11.2. The van der Waals surface area contributed by atoms with Crippen LogP contribution in [0, 0.1) is 6.92 Å². The van der Waals surface area contributed by atoms with Gasteiger partial charge in [0.05, 0.1) is 5.69 Å². The van der Waals surface area contributed by atoms with Crippen molar-refractivity contribution in [2.75, 3.05) is 0 Å². The number of nitrogens with zero attached hydrogens (tertiary/aromatic N) is 1. The van der Waals surface area contributed by atoms with Crippen LogP contribution >= 0.6 is 8.58 Å². The Labute approximate surface area is 189 Å². The molecule has 162 valence electrons. The summed E-state index contributed by atoms with van der Waals surface area (Å²) in [6.45, 7) is 15.3. The zero-order chi connectivity index (χ0) is 22.8. The normalized spacial score (nSPS) is 12.9. The molecule has 0 aliphatic heterocycles. The van der Waals surface area contributed by atoms with E-state index in [2.05, 4.69) is 83.8 Å². The van der Waals surface area contributed by atoms with E-state index in [1.807, 2.05) is 36.5 Å². The van der Waals surface area contributed by atoms with Crippen LogP contribution < -0.4 is 10.6 Å². The Morgan fingerprint density at radius 3 is 2.13 bits per heavy atom. The molecule has 0 saturated carbocycles. The topological polar surface area (TPSA) is 32.6 Å². The lowest BCUT2D eigenvalue weighted by atomic mass is 9.80. The van der Waals surface area contributed by atoms with Gasteiger partial charge in [0, 0.05) is 22.6 Å². The van der Waals surface area contributed by atoms with Crippen LogP contribution in [0.5, 0.6) is 5.75 Å². The molecule has 1 N–H and O–H groups in total. The molecule has 0 heterocycles. The van der Waals surface area contributed by atoms with Gasteiger partial charge in [-0.3, -0.25) is 4.99 Å². The molecule has 0 aliphatic carbocycles. The number of hydrogen-bond acceptors (Lipinski definition) is 2. The average Bonchev–Trinajstić information content (AvgIpc) is 2.68. The Hall–Kier alpha value is -2.44. The molecule has 31 heavy (non-hydrogen) atoms. The first-order chi connectivity index (χ1) is 14.5. The van der Waals surface area contributed by atoms with Gasteiger partial charge in [0.15, 0.2) is 0 Å². The summed E-state index contributed by atoms with van der Waals surface area (Å²) in [4.78, 5) is 4.67. The molecular formula is C28H34NOP. The summed E-state index contributed by atoms with van der Waals surface area (Å²) in [5.74, 6) is 0.424. The summed E-state index contributed by atoms with van der Waals surface area (Å²) < 4.78 is 0. The van der Waals surface area contributed by atoms with E-state index in [-0.39, 0.29) is 10.8 Å². The molecule has 0 radical (unpaired) electrons. The van der Waals surface area contributed by atoms with Gasteiger partial charge < -0.3 is 5.11 Å². The maximum absolute atomic E-state index is 11.2. The van der Waals surface area contributed by atoms with Crippen LogP contribution in [0.1, 0.15) is 63.8 Å². The predicted molar refractivity (Wildman–Crippen MR) is 138 cm³/mol. The number of para-hydroxylation sites is 1. The van der Waals surface area contributed by atoms with E-state index < -0.39 is 0 Å². The zero-order valence-electron chi connectivity index (χ0n) is 19.7. The lowest BCUT2D eigenvalue weighted by Gasteiger charge is -2.28. The number of aromatic hydroxyl groups is 1. The fourth-order valence-electron chi connectivity index (χ4n) is 3.50. The summed E-state index contributed by atoms with van der Waals surface area (Å²) in [5.41, 5.74) is 5.39. The number of hydrogen-bond donors (Lipinski definition) is 1. The second kappa shape index (κ2) is 8.97. The highest BCUT2D eigenvalue weighted by molar-refractivity contribution is 7.56. The van der Waals surface area contributed by atoms with Gasteiger partial charge >= 0.3 is 0 Å². The first kappa shape index (κ1) is 23.2. The minimum absolute atomic E-state index is 0.0102. The van der Waals surface area contributed by atoms with Gasteiger partial charge in [0.2, 0.25) is 0 Å². The van der Waals surface area contributed by atoms with Crippen molar-refractivity contribution in [2.45, 2.75) is 59.3 Å². The van der Waals surface area contributed by atoms with Crippen molar-refractivity contribution in [1.29, 1.82) is 0 Å². The fourth-order valence-corrected chi connectivity index (χ4v) is 4.82. The molecular weight excluding hydrogens is 397 g/mol. The molecule has 1 unspecified atom stereocenters. The van der Waals surface area contributed by atoms with Crippen molar-refractivity contribution in [3.05, 3.63) is 82.9 Å². The molecule has 2 nitrogen and oxygen atoms in total. The molecule has 0 aliphatic rings. The number of phenolic OH excluding ortho intramolecular Hbond substituents is 1. The predicted octanol–water partition coefficient (Wildman–Crippen LogP) is 6.68. The van der Waals surface area contributed by atoms with Crippen LogP contribution in [0.3, 0.4) is 0 Å². The lowest BCUT2D eigenvalue weighted by Crippen LogP contribution is -2.21. The monoisotopic (exact) mass is 431 g/mol. The minimum Gasteiger partial charge on any atom is -0.507 e. The highest BCUT2D eigenvalue weighted by Crippen LogP contribution is 2.36. The SMILES string of the molecule is Cc1cccc(/C=N/c2ccccc2)c1Pc1cc(C(C)(C)C)cc(C(C)(C)C)c1O. The van der Waals surface area contributed by atoms with Gasteiger partial charge in [0.1, 0.15) is 5.75 Å². The Balaban J connectivity index is 2.09. The highest BCUT2D eigenvalue weighted by Gasteiger charge is 2.25. The first-order valence-corrected chi connectivity index (χ1v) is 11.8. The first-order valence-electron chi connectivity index (χ1n) is 10.8. The minimum atomic E-state index is -0.131. The van der Waals surface area contributed by atoms with Crippen molar-refractivity contribution in [3.8, 4) is 5.75 Å². The van der Waals surface area contributed by atoms with E-state index in [4.69, 9.17) is 0 Å². The molecule has 0 saturated heterocycles. The molecule has 0 bridgehead atoms. The van der Waals surface area contributed by atoms with E-state index in [1.165, 1.54) is 16.4 Å². The quantitative estimate of drug-likeness (QED) is 0.363. The number of phenols is 1. The highest BCUT2D eigenvalue weighted by atomic mass is 31.1. The van der Waals surface area contributed by atoms with E-state index in [0.717, 1.165) is 22.1 Å². The third kappa shape index (κ3) is 5.63. The van der Waals surface area contributed by atoms with Gasteiger partial charge in [0.25, 0.3) is 0 Å². The van der Waals surface area contributed by atoms with Crippen molar-refractivity contribution in [3.63, 3.8) is 0 Å². The number of rotatable bonds is 4. The molecule has 1 atom stereocenters. The largest absolute Gasteiger partial charge is 0.507 e. The van der Waals surface area contributed by atoms with Crippen molar-refractivity contribution < 1.29 is 5.11 Å². The second-order valence-electron chi connectivity index (χ2n) is 10.2. The Morgan fingerprint density at radius 1 is 0.839 bits per heavy atom. The summed E-state index contributed by atoms with van der Waals surface area (Å²) in [6, 6.07) is 20.7. The fraction of sp³-hybridized carbons (Fsp3) is 0.321. The van der Waals surface area contributed by atoms with Crippen molar-refractivity contribution in [1.82, 2.24) is 0 Å². The summed E-state index contributed by atoms with van der Waals surface area (Å²) >= 11 is 0. The van der Waals surface area contributed by atoms with Crippen molar-refractivity contribution in [2.24, 2.45) is 4.99 Å². The van der Waals surface area contributed by atoms with Crippen LogP contribution in [0.4, 0.5) is 5.69 Å². The Morgan fingerprint density at radius 2 is 1.52 bits per heavy atom. The molecule has 0 fully saturated rings. The van der Waals surface area contributed by atoms with Gasteiger partial charge in [-0.15, -0.1) is 0 Å². The molecule has 0 amide bonds. The number of aliphatic imine (C=N–C) groups is 1. The summed E-state index contributed by atoms with van der Waals surface area (Å²) in [7, 11) is 0.350. The summed E-state index contributed by atoms with van der Waals surface area (Å²) in [5, 5.41) is 13.5. The van der Waals surface area contributed by atoms with Crippen LogP contribution in [-0.4, -0.2) is 11.3 Å². The Kier molecular flexibility index (Phi) is 6.72. The van der Waals surface area contributed by atoms with Gasteiger partial charge in [-0.1, -0.05) is 92.6 Å². The zero-order valence-corrected chi connectivity index (χ0v) is 20.7. The molecule has 3 rings (SSSR count). The van der Waals surface area contributed by atoms with Gasteiger partial charge in [-0.2, -0.15) is 0 Å². The van der Waals surface area contributed by atoms with E-state index in [1.54, 1.807) is 0 Å². The molecule has 3 heteroatoms. The molecule has 3 aromatic carbocycles. The average molecular weight is 432 g/mol. The number of aryl methyl sites for hydroxylation is 1. The second-order valence-corrected chi connectivity index (χ2v) is 11.5. The van der Waals surface area contributed by atoms with Crippen LogP contribution in [0.25, 0.3) is 0 Å². The molecule has 0 aromatic heterocycles. The molecule has 0 spiro atoms. The maximum Gasteiger partial charge on any atom is 0.127 e. The third-order valence-corrected chi connectivity index (χ3v) is 7.04. The Bertz CT molecular complexity index is 1090. The van der Waals surface area contributed by atoms with Gasteiger partial charge in [-0.25, -0.2) is 0 Å². The van der Waals surface area contributed by atoms with Crippen molar-refractivity contribution >= 4 is 31.1 Å². The van der Waals surface area contributed by atoms with E-state index >= 15 is 0 Å². The van der Waals surface area contributed by atoms with E-state index in [0.29, 0.717) is 14.3 Å². The van der Waals surface area contributed by atoms with Crippen LogP contribution in [0.15, 0.2) is 65.7 Å². The van der Waals surface area contributed by atoms with Crippen LogP contribution in [0.2, 0.25) is 0 Å². The third-order valence-electron chi connectivity index (χ3n) is 5.46. The smallest absolute Gasteiger partial charge is 0.127 e. The standard InChI is InChI=1S/C28H34NOP/c1-19-12-11-13-20(18-29-22-14-9-8-10-15-22)26(19)31-24-17-21(27(2,3)4)16-23(25(24)30)28(5,6)7/h8-18,30-31H,1-7H3/b29-18+. The summed E-state index contributed by atoms with van der Waals surface area (Å²) in [6.07, 6.45) is 1.94. The molecule has 3 aromatic rings. The lowest BCUT2D eigenvalue weighted by molar-refractivity contribution is 0.449. The van der Waals surface area contributed by atoms with Crippen LogP contribution in [-0.2, 0) is 10.8 Å². The van der Waals surface area contributed by atoms with Gasteiger partial charge in [-0.05, 0) is 52.4 Å². The number of benzene rings is 3.